The molecular weight excluding hydrogens is 212 g/mol. The molecule has 1 aliphatic heterocycles. The first-order valence-corrected chi connectivity index (χ1v) is 4.87. The highest BCUT2D eigenvalue weighted by atomic mass is 16.6. The van der Waals surface area contributed by atoms with E-state index in [4.69, 9.17) is 9.84 Å². The molecule has 6 heteroatoms. The van der Waals surface area contributed by atoms with E-state index < -0.39 is 4.92 Å². The highest BCUT2D eigenvalue weighted by Gasteiger charge is 2.26. The molecule has 0 amide bonds. The molecule has 0 bridgehead atoms. The number of aliphatic hydroxyl groups is 1. The molecule has 1 aromatic rings. The van der Waals surface area contributed by atoms with Crippen molar-refractivity contribution in [3.63, 3.8) is 0 Å². The van der Waals surface area contributed by atoms with Crippen LogP contribution < -0.4 is 9.64 Å². The van der Waals surface area contributed by atoms with E-state index in [9.17, 15) is 10.1 Å². The molecule has 86 valence electrons. The number of benzene rings is 1. The van der Waals surface area contributed by atoms with Gasteiger partial charge in [0.1, 0.15) is 0 Å². The molecule has 1 fully saturated rings. The third-order valence-corrected chi connectivity index (χ3v) is 2.59. The van der Waals surface area contributed by atoms with Crippen LogP contribution in [0.25, 0.3) is 0 Å². The molecule has 0 saturated carbocycles. The topological polar surface area (TPSA) is 75.8 Å². The van der Waals surface area contributed by atoms with Crippen molar-refractivity contribution in [1.82, 2.24) is 0 Å². The fourth-order valence-corrected chi connectivity index (χ4v) is 1.68. The molecule has 0 aromatic heterocycles. The molecule has 0 radical (unpaired) electrons. The summed E-state index contributed by atoms with van der Waals surface area (Å²) in [6.45, 7) is 1.11. The van der Waals surface area contributed by atoms with Gasteiger partial charge in [-0.1, -0.05) is 0 Å². The number of nitrogens with zero attached hydrogens (tertiary/aromatic N) is 2. The van der Waals surface area contributed by atoms with E-state index in [0.29, 0.717) is 13.1 Å². The normalized spacial score (nSPS) is 15.8. The van der Waals surface area contributed by atoms with Crippen molar-refractivity contribution in [3.05, 3.63) is 28.3 Å². The molecule has 1 aromatic carbocycles. The molecule has 16 heavy (non-hydrogen) atoms. The van der Waals surface area contributed by atoms with E-state index in [1.807, 2.05) is 4.90 Å². The number of hydrogen-bond acceptors (Lipinski definition) is 5. The highest BCUT2D eigenvalue weighted by Crippen LogP contribution is 2.32. The number of β-amino-alcohol motifs (C(OH)–C–C–N with tert-alkyl or cyclic N) is 1. The molecule has 0 unspecified atom stereocenters. The zero-order valence-corrected chi connectivity index (χ0v) is 8.79. The summed E-state index contributed by atoms with van der Waals surface area (Å²) in [6.07, 6.45) is -0.304. The van der Waals surface area contributed by atoms with Crippen LogP contribution in [-0.2, 0) is 0 Å². The molecular formula is C10H12N2O4. The Labute approximate surface area is 92.2 Å². The molecule has 1 saturated heterocycles. The number of anilines is 1. The van der Waals surface area contributed by atoms with Gasteiger partial charge in [0, 0.05) is 30.9 Å². The minimum absolute atomic E-state index is 0.0488. The summed E-state index contributed by atoms with van der Waals surface area (Å²) in [6, 6.07) is 4.69. The minimum Gasteiger partial charge on any atom is -0.490 e. The minimum atomic E-state index is -0.479. The molecule has 2 rings (SSSR count). The Kier molecular flexibility index (Phi) is 2.66. The van der Waals surface area contributed by atoms with E-state index in [2.05, 4.69) is 0 Å². The summed E-state index contributed by atoms with van der Waals surface area (Å²) < 4.78 is 4.96. The first-order valence-electron chi connectivity index (χ1n) is 4.87. The average Bonchev–Trinajstić information content (AvgIpc) is 2.23. The quantitative estimate of drug-likeness (QED) is 0.606. The van der Waals surface area contributed by atoms with E-state index >= 15 is 0 Å². The van der Waals surface area contributed by atoms with Crippen LogP contribution in [0.4, 0.5) is 11.4 Å². The fourth-order valence-electron chi connectivity index (χ4n) is 1.68. The summed E-state index contributed by atoms with van der Waals surface area (Å²) in [5.41, 5.74) is 0.778. The van der Waals surface area contributed by atoms with Crippen molar-refractivity contribution in [1.29, 1.82) is 0 Å². The maximum absolute atomic E-state index is 10.7. The van der Waals surface area contributed by atoms with Crippen molar-refractivity contribution >= 4 is 11.4 Å². The monoisotopic (exact) mass is 224 g/mol. The highest BCUT2D eigenvalue weighted by molar-refractivity contribution is 5.60. The van der Waals surface area contributed by atoms with Crippen LogP contribution in [-0.4, -0.2) is 36.3 Å². The lowest BCUT2D eigenvalue weighted by Gasteiger charge is -2.37. The van der Waals surface area contributed by atoms with Crippen LogP contribution in [0.2, 0.25) is 0 Å². The van der Waals surface area contributed by atoms with Gasteiger partial charge in [-0.2, -0.15) is 0 Å². The van der Waals surface area contributed by atoms with Gasteiger partial charge in [0.15, 0.2) is 5.75 Å². The predicted molar refractivity (Wildman–Crippen MR) is 57.9 cm³/mol. The van der Waals surface area contributed by atoms with Gasteiger partial charge in [0.05, 0.1) is 18.1 Å². The summed E-state index contributed by atoms with van der Waals surface area (Å²) in [5.74, 6) is 0.240. The third-order valence-electron chi connectivity index (χ3n) is 2.59. The second kappa shape index (κ2) is 3.97. The van der Waals surface area contributed by atoms with Crippen LogP contribution in [0.1, 0.15) is 0 Å². The number of nitro benzene ring substituents is 1. The first kappa shape index (κ1) is 10.7. The van der Waals surface area contributed by atoms with Crippen LogP contribution >= 0.6 is 0 Å². The Morgan fingerprint density at radius 2 is 2.25 bits per heavy atom. The van der Waals surface area contributed by atoms with Crippen LogP contribution in [0.3, 0.4) is 0 Å². The summed E-state index contributed by atoms with van der Waals surface area (Å²) in [7, 11) is 1.40. The number of nitro groups is 1. The molecule has 1 aliphatic rings. The average molecular weight is 224 g/mol. The van der Waals surface area contributed by atoms with Gasteiger partial charge in [-0.05, 0) is 6.07 Å². The lowest BCUT2D eigenvalue weighted by Crippen LogP contribution is -2.50. The SMILES string of the molecule is COc1cc(N2CC(O)C2)ccc1[N+](=O)[O-]. The maximum atomic E-state index is 10.7. The lowest BCUT2D eigenvalue weighted by molar-refractivity contribution is -0.385. The van der Waals surface area contributed by atoms with Crippen molar-refractivity contribution in [3.8, 4) is 5.75 Å². The maximum Gasteiger partial charge on any atom is 0.311 e. The van der Waals surface area contributed by atoms with Crippen molar-refractivity contribution in [2.75, 3.05) is 25.1 Å². The van der Waals surface area contributed by atoms with E-state index in [-0.39, 0.29) is 17.5 Å². The smallest absolute Gasteiger partial charge is 0.311 e. The van der Waals surface area contributed by atoms with E-state index in [1.165, 1.54) is 13.2 Å². The van der Waals surface area contributed by atoms with Gasteiger partial charge < -0.3 is 14.7 Å². The second-order valence-electron chi connectivity index (χ2n) is 3.67. The largest absolute Gasteiger partial charge is 0.490 e. The number of rotatable bonds is 3. The number of aliphatic hydroxyl groups excluding tert-OH is 1. The van der Waals surface area contributed by atoms with Crippen LogP contribution in [0, 0.1) is 10.1 Å². The fraction of sp³-hybridized carbons (Fsp3) is 0.400. The molecule has 6 nitrogen and oxygen atoms in total. The zero-order chi connectivity index (χ0) is 11.7. The van der Waals surface area contributed by atoms with Crippen molar-refractivity contribution in [2.24, 2.45) is 0 Å². The summed E-state index contributed by atoms with van der Waals surface area (Å²) in [5, 5.41) is 19.8. The van der Waals surface area contributed by atoms with E-state index in [1.54, 1.807) is 12.1 Å². The number of ether oxygens (including phenoxy) is 1. The van der Waals surface area contributed by atoms with Gasteiger partial charge in [0.25, 0.3) is 0 Å². The Bertz CT molecular complexity index is 415. The predicted octanol–water partition coefficient (Wildman–Crippen LogP) is 0.784. The van der Waals surface area contributed by atoms with Crippen molar-refractivity contribution < 1.29 is 14.8 Å². The van der Waals surface area contributed by atoms with Gasteiger partial charge in [-0.15, -0.1) is 0 Å². The molecule has 0 spiro atoms. The zero-order valence-electron chi connectivity index (χ0n) is 8.79. The standard InChI is InChI=1S/C10H12N2O4/c1-16-10-4-7(11-5-8(13)6-11)2-3-9(10)12(14)15/h2-4,8,13H,5-6H2,1H3. The van der Waals surface area contributed by atoms with Gasteiger partial charge in [-0.3, -0.25) is 10.1 Å². The summed E-state index contributed by atoms with van der Waals surface area (Å²) in [4.78, 5) is 12.1. The molecule has 1 N–H and O–H groups in total. The van der Waals surface area contributed by atoms with E-state index in [0.717, 1.165) is 5.69 Å². The van der Waals surface area contributed by atoms with Gasteiger partial charge >= 0.3 is 5.69 Å². The van der Waals surface area contributed by atoms with Crippen LogP contribution in [0.15, 0.2) is 18.2 Å². The summed E-state index contributed by atoms with van der Waals surface area (Å²) >= 11 is 0. The second-order valence-corrected chi connectivity index (χ2v) is 3.67. The third kappa shape index (κ3) is 1.79. The Morgan fingerprint density at radius 1 is 1.56 bits per heavy atom. The molecule has 0 aliphatic carbocycles. The van der Waals surface area contributed by atoms with Gasteiger partial charge in [-0.25, -0.2) is 0 Å². The lowest BCUT2D eigenvalue weighted by atomic mass is 10.1. The number of methoxy groups -OCH3 is 1. The molecule has 1 heterocycles. The Balaban J connectivity index is 2.26. The number of hydrogen-bond donors (Lipinski definition) is 1. The molecule has 0 atom stereocenters. The van der Waals surface area contributed by atoms with Crippen LogP contribution in [0.5, 0.6) is 5.75 Å². The Hall–Kier alpha value is -1.82. The Morgan fingerprint density at radius 3 is 2.75 bits per heavy atom. The van der Waals surface area contributed by atoms with Crippen molar-refractivity contribution in [2.45, 2.75) is 6.10 Å². The van der Waals surface area contributed by atoms with Gasteiger partial charge in [0.2, 0.25) is 0 Å². The first-order chi connectivity index (χ1) is 7.61.